The molecule has 0 radical (unpaired) electrons. The maximum Gasteiger partial charge on any atom is 0.137 e. The van der Waals surface area contributed by atoms with Crippen molar-refractivity contribution in [3.63, 3.8) is 0 Å². The van der Waals surface area contributed by atoms with Crippen LogP contribution in [0.15, 0.2) is 24.5 Å². The van der Waals surface area contributed by atoms with Crippen molar-refractivity contribution in [2.24, 2.45) is 11.8 Å². The summed E-state index contributed by atoms with van der Waals surface area (Å²) in [7, 11) is 0. The van der Waals surface area contributed by atoms with E-state index in [1.165, 1.54) is 0 Å². The van der Waals surface area contributed by atoms with Gasteiger partial charge in [0.15, 0.2) is 0 Å². The maximum absolute atomic E-state index is 9.44. The summed E-state index contributed by atoms with van der Waals surface area (Å²) in [6, 6.07) is 3.75. The molecule has 4 nitrogen and oxygen atoms in total. The van der Waals surface area contributed by atoms with Crippen LogP contribution in [0.4, 0.5) is 0 Å². The standard InChI is InChI=1S/C13H20N2O2/c16-9-12(11-3-6-14-7-4-11)10-17-13-2-1-5-15-8-13/h1-2,5,8,11-12,14,16H,3-4,6-7,9-10H2. The molecule has 1 atom stereocenters. The summed E-state index contributed by atoms with van der Waals surface area (Å²) in [5.41, 5.74) is 0. The molecule has 1 unspecified atom stereocenters. The third-order valence-corrected chi connectivity index (χ3v) is 3.38. The van der Waals surface area contributed by atoms with Gasteiger partial charge in [0, 0.05) is 18.7 Å². The Balaban J connectivity index is 1.82. The van der Waals surface area contributed by atoms with E-state index >= 15 is 0 Å². The lowest BCUT2D eigenvalue weighted by Gasteiger charge is -2.29. The first-order valence-corrected chi connectivity index (χ1v) is 6.24. The van der Waals surface area contributed by atoms with E-state index in [2.05, 4.69) is 10.3 Å². The van der Waals surface area contributed by atoms with Gasteiger partial charge < -0.3 is 15.2 Å². The van der Waals surface area contributed by atoms with E-state index in [-0.39, 0.29) is 12.5 Å². The molecule has 0 saturated carbocycles. The number of ether oxygens (including phenoxy) is 1. The molecule has 0 aromatic carbocycles. The van der Waals surface area contributed by atoms with Crippen molar-refractivity contribution >= 4 is 0 Å². The van der Waals surface area contributed by atoms with Crippen molar-refractivity contribution in [2.45, 2.75) is 12.8 Å². The molecule has 1 aromatic rings. The fourth-order valence-electron chi connectivity index (χ4n) is 2.29. The SMILES string of the molecule is OCC(COc1cccnc1)C1CCNCC1. The zero-order chi connectivity index (χ0) is 11.9. The van der Waals surface area contributed by atoms with Crippen molar-refractivity contribution in [2.75, 3.05) is 26.3 Å². The zero-order valence-corrected chi connectivity index (χ0v) is 10.0. The molecular formula is C13H20N2O2. The molecule has 2 rings (SSSR count). The Kier molecular flexibility index (Phi) is 4.76. The van der Waals surface area contributed by atoms with E-state index < -0.39 is 0 Å². The van der Waals surface area contributed by atoms with Crippen molar-refractivity contribution in [1.29, 1.82) is 0 Å². The number of nitrogens with one attached hydrogen (secondary N) is 1. The molecule has 1 saturated heterocycles. The Morgan fingerprint density at radius 3 is 2.94 bits per heavy atom. The Morgan fingerprint density at radius 1 is 1.47 bits per heavy atom. The highest BCUT2D eigenvalue weighted by atomic mass is 16.5. The van der Waals surface area contributed by atoms with Crippen LogP contribution in [0.1, 0.15) is 12.8 Å². The van der Waals surface area contributed by atoms with E-state index in [9.17, 15) is 5.11 Å². The van der Waals surface area contributed by atoms with Gasteiger partial charge in [0.2, 0.25) is 0 Å². The molecule has 1 fully saturated rings. The minimum absolute atomic E-state index is 0.199. The number of rotatable bonds is 5. The van der Waals surface area contributed by atoms with Crippen molar-refractivity contribution < 1.29 is 9.84 Å². The molecule has 17 heavy (non-hydrogen) atoms. The molecule has 0 amide bonds. The molecular weight excluding hydrogens is 216 g/mol. The largest absolute Gasteiger partial charge is 0.492 e. The summed E-state index contributed by atoms with van der Waals surface area (Å²) in [5.74, 6) is 1.58. The maximum atomic E-state index is 9.44. The van der Waals surface area contributed by atoms with Crippen molar-refractivity contribution in [3.05, 3.63) is 24.5 Å². The highest BCUT2D eigenvalue weighted by Crippen LogP contribution is 2.22. The summed E-state index contributed by atoms with van der Waals surface area (Å²) in [6.07, 6.45) is 5.68. The number of aliphatic hydroxyl groups excluding tert-OH is 1. The lowest BCUT2D eigenvalue weighted by atomic mass is 9.86. The number of hydrogen-bond acceptors (Lipinski definition) is 4. The summed E-state index contributed by atoms with van der Waals surface area (Å²) in [6.45, 7) is 2.87. The van der Waals surface area contributed by atoms with Crippen LogP contribution in [0, 0.1) is 11.8 Å². The summed E-state index contributed by atoms with van der Waals surface area (Å²) < 4.78 is 5.67. The Morgan fingerprint density at radius 2 is 2.29 bits per heavy atom. The summed E-state index contributed by atoms with van der Waals surface area (Å²) in [4.78, 5) is 4.00. The molecule has 4 heteroatoms. The van der Waals surface area contributed by atoms with E-state index in [0.29, 0.717) is 12.5 Å². The van der Waals surface area contributed by atoms with Gasteiger partial charge in [-0.3, -0.25) is 4.98 Å². The van der Waals surface area contributed by atoms with Crippen LogP contribution in [-0.4, -0.2) is 36.4 Å². The number of hydrogen-bond donors (Lipinski definition) is 2. The van der Waals surface area contributed by atoms with Crippen LogP contribution in [0.2, 0.25) is 0 Å². The van der Waals surface area contributed by atoms with E-state index in [0.717, 1.165) is 31.7 Å². The third kappa shape index (κ3) is 3.68. The highest BCUT2D eigenvalue weighted by molar-refractivity contribution is 5.15. The van der Waals surface area contributed by atoms with Gasteiger partial charge in [0.1, 0.15) is 5.75 Å². The van der Waals surface area contributed by atoms with E-state index in [1.807, 2.05) is 12.1 Å². The van der Waals surface area contributed by atoms with Crippen LogP contribution < -0.4 is 10.1 Å². The monoisotopic (exact) mass is 236 g/mol. The van der Waals surface area contributed by atoms with Crippen LogP contribution >= 0.6 is 0 Å². The smallest absolute Gasteiger partial charge is 0.137 e. The number of aliphatic hydroxyl groups is 1. The molecule has 1 aliphatic rings. The topological polar surface area (TPSA) is 54.4 Å². The van der Waals surface area contributed by atoms with Gasteiger partial charge in [-0.1, -0.05) is 0 Å². The summed E-state index contributed by atoms with van der Waals surface area (Å²) in [5, 5.41) is 12.8. The fourth-order valence-corrected chi connectivity index (χ4v) is 2.29. The second-order valence-corrected chi connectivity index (χ2v) is 4.53. The molecule has 1 aromatic heterocycles. The number of nitrogens with zero attached hydrogens (tertiary/aromatic N) is 1. The first-order valence-electron chi connectivity index (χ1n) is 6.24. The number of pyridine rings is 1. The summed E-state index contributed by atoms with van der Waals surface area (Å²) >= 11 is 0. The van der Waals surface area contributed by atoms with Gasteiger partial charge in [0.05, 0.1) is 12.8 Å². The first-order chi connectivity index (χ1) is 8.40. The zero-order valence-electron chi connectivity index (χ0n) is 10.0. The van der Waals surface area contributed by atoms with Crippen LogP contribution in [0.3, 0.4) is 0 Å². The molecule has 0 aliphatic carbocycles. The highest BCUT2D eigenvalue weighted by Gasteiger charge is 2.23. The minimum atomic E-state index is 0.199. The van der Waals surface area contributed by atoms with Gasteiger partial charge in [-0.15, -0.1) is 0 Å². The fraction of sp³-hybridized carbons (Fsp3) is 0.615. The van der Waals surface area contributed by atoms with Gasteiger partial charge in [-0.05, 0) is 44.0 Å². The second-order valence-electron chi connectivity index (χ2n) is 4.53. The van der Waals surface area contributed by atoms with Crippen molar-refractivity contribution in [1.82, 2.24) is 10.3 Å². The predicted octanol–water partition coefficient (Wildman–Crippen LogP) is 1.07. The Bertz CT molecular complexity index is 312. The van der Waals surface area contributed by atoms with E-state index in [4.69, 9.17) is 4.74 Å². The number of aromatic nitrogens is 1. The molecule has 2 heterocycles. The Labute approximate surface area is 102 Å². The number of piperidine rings is 1. The normalized spacial score (nSPS) is 18.9. The molecule has 0 spiro atoms. The minimum Gasteiger partial charge on any atom is -0.492 e. The second kappa shape index (κ2) is 6.57. The molecule has 2 N–H and O–H groups in total. The average Bonchev–Trinajstić information content (AvgIpc) is 2.42. The predicted molar refractivity (Wildman–Crippen MR) is 65.9 cm³/mol. The lowest BCUT2D eigenvalue weighted by Crippen LogP contribution is -2.35. The molecule has 0 bridgehead atoms. The average molecular weight is 236 g/mol. The first kappa shape index (κ1) is 12.3. The van der Waals surface area contributed by atoms with Gasteiger partial charge in [0.25, 0.3) is 0 Å². The Hall–Kier alpha value is -1.13. The van der Waals surface area contributed by atoms with Gasteiger partial charge in [-0.25, -0.2) is 0 Å². The van der Waals surface area contributed by atoms with Crippen molar-refractivity contribution in [3.8, 4) is 5.75 Å². The molecule has 94 valence electrons. The van der Waals surface area contributed by atoms with Crippen LogP contribution in [0.25, 0.3) is 0 Å². The quantitative estimate of drug-likeness (QED) is 0.803. The third-order valence-electron chi connectivity index (χ3n) is 3.38. The van der Waals surface area contributed by atoms with Crippen LogP contribution in [0.5, 0.6) is 5.75 Å². The van der Waals surface area contributed by atoms with Crippen LogP contribution in [-0.2, 0) is 0 Å². The van der Waals surface area contributed by atoms with E-state index in [1.54, 1.807) is 12.4 Å². The lowest BCUT2D eigenvalue weighted by molar-refractivity contribution is 0.101. The van der Waals surface area contributed by atoms with Gasteiger partial charge >= 0.3 is 0 Å². The van der Waals surface area contributed by atoms with Gasteiger partial charge in [-0.2, -0.15) is 0 Å². The molecule has 1 aliphatic heterocycles.